The predicted molar refractivity (Wildman–Crippen MR) is 102 cm³/mol. The van der Waals surface area contributed by atoms with Crippen LogP contribution in [0.25, 0.3) is 11.1 Å². The summed E-state index contributed by atoms with van der Waals surface area (Å²) in [7, 11) is 0. The van der Waals surface area contributed by atoms with E-state index in [1.807, 2.05) is 36.4 Å². The third-order valence-electron chi connectivity index (χ3n) is 4.94. The highest BCUT2D eigenvalue weighted by Gasteiger charge is 2.24. The maximum Gasteiger partial charge on any atom is 0.121 e. The van der Waals surface area contributed by atoms with Crippen molar-refractivity contribution in [1.82, 2.24) is 0 Å². The molecule has 0 aromatic heterocycles. The smallest absolute Gasteiger partial charge is 0.121 e. The van der Waals surface area contributed by atoms with Gasteiger partial charge in [0.25, 0.3) is 0 Å². The summed E-state index contributed by atoms with van der Waals surface area (Å²) in [6, 6.07) is 16.2. The molecule has 0 bridgehead atoms. The van der Waals surface area contributed by atoms with Crippen LogP contribution in [0.15, 0.2) is 48.5 Å². The molecule has 0 radical (unpaired) electrons. The average molecular weight is 344 g/mol. The molecule has 1 fully saturated rings. The van der Waals surface area contributed by atoms with Gasteiger partial charge >= 0.3 is 0 Å². The third-order valence-corrected chi connectivity index (χ3v) is 5.25. The number of ether oxygens (including phenoxy) is 1. The zero-order valence-corrected chi connectivity index (χ0v) is 14.8. The molecule has 2 nitrogen and oxygen atoms in total. The first-order valence-corrected chi connectivity index (χ1v) is 9.37. The van der Waals surface area contributed by atoms with E-state index < -0.39 is 0 Å². The lowest BCUT2D eigenvalue weighted by atomic mass is 9.84. The zero-order chi connectivity index (χ0) is 16.8. The molecule has 3 heteroatoms. The Morgan fingerprint density at radius 1 is 1.04 bits per heavy atom. The topological polar surface area (TPSA) is 35.2 Å². The first-order chi connectivity index (χ1) is 11.8. The molecule has 0 spiro atoms. The fourth-order valence-corrected chi connectivity index (χ4v) is 3.94. The Bertz CT molecular complexity index is 638. The highest BCUT2D eigenvalue weighted by atomic mass is 35.5. The van der Waals surface area contributed by atoms with Crippen LogP contribution in [0.4, 0.5) is 0 Å². The van der Waals surface area contributed by atoms with Gasteiger partial charge in [-0.1, -0.05) is 61.2 Å². The second-order valence-corrected chi connectivity index (χ2v) is 7.05. The minimum absolute atomic E-state index is 0.203. The van der Waals surface area contributed by atoms with Crippen LogP contribution in [0, 0.1) is 5.92 Å². The molecular weight excluding hydrogens is 318 g/mol. The fraction of sp³-hybridized carbons (Fsp3) is 0.429. The Hall–Kier alpha value is -1.51. The van der Waals surface area contributed by atoms with Gasteiger partial charge in [-0.2, -0.15) is 0 Å². The Labute approximate surface area is 150 Å². The monoisotopic (exact) mass is 343 g/mol. The molecule has 128 valence electrons. The molecule has 1 aliphatic carbocycles. The van der Waals surface area contributed by atoms with Crippen molar-refractivity contribution in [3.8, 4) is 16.9 Å². The average Bonchev–Trinajstić information content (AvgIpc) is 2.63. The first kappa shape index (κ1) is 17.3. The van der Waals surface area contributed by atoms with Crippen LogP contribution in [-0.2, 0) is 0 Å². The quantitative estimate of drug-likeness (QED) is 0.731. The summed E-state index contributed by atoms with van der Waals surface area (Å²) in [4.78, 5) is 0. The number of hydrogen-bond donors (Lipinski definition) is 1. The molecule has 0 aliphatic heterocycles. The van der Waals surface area contributed by atoms with E-state index in [4.69, 9.17) is 22.1 Å². The Kier molecular flexibility index (Phi) is 6.17. The van der Waals surface area contributed by atoms with Gasteiger partial charge in [0, 0.05) is 5.56 Å². The largest absolute Gasteiger partial charge is 0.490 e. The molecule has 1 saturated carbocycles. The Morgan fingerprint density at radius 2 is 1.79 bits per heavy atom. The summed E-state index contributed by atoms with van der Waals surface area (Å²) in [6.45, 7) is 0.664. The number of nitrogens with two attached hydrogens (primary N) is 1. The summed E-state index contributed by atoms with van der Waals surface area (Å²) in [5.41, 5.74) is 7.98. The van der Waals surface area contributed by atoms with Crippen molar-refractivity contribution in [2.75, 3.05) is 6.54 Å². The lowest BCUT2D eigenvalue weighted by molar-refractivity contribution is 0.102. The van der Waals surface area contributed by atoms with Gasteiger partial charge in [0.05, 0.1) is 5.02 Å². The molecule has 0 heterocycles. The molecular formula is C21H26ClNO. The second-order valence-electron chi connectivity index (χ2n) is 6.64. The van der Waals surface area contributed by atoms with Gasteiger partial charge in [-0.3, -0.25) is 0 Å². The van der Waals surface area contributed by atoms with Crippen LogP contribution in [-0.4, -0.2) is 12.6 Å². The van der Waals surface area contributed by atoms with Gasteiger partial charge in [0.2, 0.25) is 0 Å². The van der Waals surface area contributed by atoms with Crippen LogP contribution in [0.5, 0.6) is 5.75 Å². The summed E-state index contributed by atoms with van der Waals surface area (Å²) >= 11 is 6.51. The lowest BCUT2D eigenvalue weighted by Crippen LogP contribution is -2.31. The van der Waals surface area contributed by atoms with E-state index in [0.29, 0.717) is 12.5 Å². The number of benzene rings is 2. The van der Waals surface area contributed by atoms with E-state index >= 15 is 0 Å². The van der Waals surface area contributed by atoms with Gasteiger partial charge < -0.3 is 10.5 Å². The summed E-state index contributed by atoms with van der Waals surface area (Å²) in [5, 5.41) is 0.730. The van der Waals surface area contributed by atoms with Crippen molar-refractivity contribution in [2.45, 2.75) is 44.6 Å². The van der Waals surface area contributed by atoms with Crippen molar-refractivity contribution in [2.24, 2.45) is 11.7 Å². The molecule has 24 heavy (non-hydrogen) atoms. The molecule has 0 saturated heterocycles. The van der Waals surface area contributed by atoms with Crippen molar-refractivity contribution in [3.05, 3.63) is 53.6 Å². The third kappa shape index (κ3) is 4.31. The van der Waals surface area contributed by atoms with Crippen molar-refractivity contribution < 1.29 is 4.74 Å². The maximum atomic E-state index is 6.51. The number of hydrogen-bond acceptors (Lipinski definition) is 2. The van der Waals surface area contributed by atoms with Crippen LogP contribution in [0.3, 0.4) is 0 Å². The first-order valence-electron chi connectivity index (χ1n) is 8.99. The van der Waals surface area contributed by atoms with E-state index in [0.717, 1.165) is 28.3 Å². The van der Waals surface area contributed by atoms with Crippen LogP contribution >= 0.6 is 11.6 Å². The summed E-state index contributed by atoms with van der Waals surface area (Å²) < 4.78 is 6.30. The fourth-order valence-electron chi connectivity index (χ4n) is 3.66. The van der Waals surface area contributed by atoms with Gasteiger partial charge in [0.15, 0.2) is 0 Å². The molecule has 3 rings (SSSR count). The molecule has 2 N–H and O–H groups in total. The Morgan fingerprint density at radius 3 is 2.46 bits per heavy atom. The normalized spacial score (nSPS) is 16.8. The highest BCUT2D eigenvalue weighted by Crippen LogP contribution is 2.34. The van der Waals surface area contributed by atoms with Crippen molar-refractivity contribution in [3.63, 3.8) is 0 Å². The molecule has 0 amide bonds. The molecule has 1 unspecified atom stereocenters. The molecule has 1 aliphatic rings. The van der Waals surface area contributed by atoms with Gasteiger partial charge in [-0.15, -0.1) is 0 Å². The minimum atomic E-state index is 0.203. The molecule has 2 aromatic carbocycles. The minimum Gasteiger partial charge on any atom is -0.490 e. The van der Waals surface area contributed by atoms with E-state index in [2.05, 4.69) is 12.1 Å². The summed E-state index contributed by atoms with van der Waals surface area (Å²) in [6.07, 6.45) is 7.58. The van der Waals surface area contributed by atoms with Gasteiger partial charge in [0.1, 0.15) is 11.9 Å². The summed E-state index contributed by atoms with van der Waals surface area (Å²) in [5.74, 6) is 1.47. The highest BCUT2D eigenvalue weighted by molar-refractivity contribution is 6.33. The van der Waals surface area contributed by atoms with Gasteiger partial charge in [-0.25, -0.2) is 0 Å². The number of halogens is 1. The molecule has 1 atom stereocenters. The van der Waals surface area contributed by atoms with E-state index in [9.17, 15) is 0 Å². The van der Waals surface area contributed by atoms with E-state index in [-0.39, 0.29) is 6.10 Å². The standard InChI is InChI=1S/C21H26ClNO/c22-20-15-18(11-12-19(20)16-7-3-1-4-8-16)24-21(13-14-23)17-9-5-2-6-10-17/h1,3-4,7-8,11-12,15,17,21H,2,5-6,9-10,13-14,23H2. The maximum absolute atomic E-state index is 6.51. The SMILES string of the molecule is NCCC(Oc1ccc(-c2ccccc2)c(Cl)c1)C1CCCCC1. The molecule has 2 aromatic rings. The van der Waals surface area contributed by atoms with Gasteiger partial charge in [-0.05, 0) is 55.5 Å². The van der Waals surface area contributed by atoms with Crippen LogP contribution < -0.4 is 10.5 Å². The Balaban J connectivity index is 1.75. The van der Waals surface area contributed by atoms with Crippen LogP contribution in [0.1, 0.15) is 38.5 Å². The van der Waals surface area contributed by atoms with Crippen molar-refractivity contribution >= 4 is 11.6 Å². The lowest BCUT2D eigenvalue weighted by Gasteiger charge is -2.30. The predicted octanol–water partition coefficient (Wildman–Crippen LogP) is 5.68. The van der Waals surface area contributed by atoms with E-state index in [1.54, 1.807) is 0 Å². The zero-order valence-electron chi connectivity index (χ0n) is 14.1. The van der Waals surface area contributed by atoms with E-state index in [1.165, 1.54) is 32.1 Å². The van der Waals surface area contributed by atoms with Crippen LogP contribution in [0.2, 0.25) is 5.02 Å². The number of rotatable bonds is 6. The van der Waals surface area contributed by atoms with Crippen molar-refractivity contribution in [1.29, 1.82) is 0 Å². The second kappa shape index (κ2) is 8.55.